The van der Waals surface area contributed by atoms with Crippen LogP contribution in [-0.4, -0.2) is 12.5 Å². The fourth-order valence-corrected chi connectivity index (χ4v) is 2.56. The Morgan fingerprint density at radius 3 is 2.70 bits per heavy atom. The molecule has 0 aliphatic rings. The Balaban J connectivity index is 1.99. The zero-order valence-corrected chi connectivity index (χ0v) is 12.8. The minimum atomic E-state index is 0.233. The molecule has 2 N–H and O–H groups in total. The first-order valence-corrected chi connectivity index (χ1v) is 7.84. The molecule has 1 aromatic carbocycles. The van der Waals surface area contributed by atoms with Crippen LogP contribution in [0.1, 0.15) is 31.0 Å². The van der Waals surface area contributed by atoms with Crippen molar-refractivity contribution in [2.45, 2.75) is 26.4 Å². The molecule has 2 rings (SSSR count). The van der Waals surface area contributed by atoms with E-state index in [0.717, 1.165) is 12.5 Å². The first-order chi connectivity index (χ1) is 9.79. The van der Waals surface area contributed by atoms with E-state index >= 15 is 0 Å². The van der Waals surface area contributed by atoms with Crippen molar-refractivity contribution < 1.29 is 0 Å². The van der Waals surface area contributed by atoms with Crippen molar-refractivity contribution in [2.24, 2.45) is 4.99 Å². The zero-order valence-electron chi connectivity index (χ0n) is 12.0. The molecule has 0 saturated carbocycles. The molecule has 0 aliphatic heterocycles. The highest BCUT2D eigenvalue weighted by molar-refractivity contribution is 7.07. The molecule has 0 saturated heterocycles. The normalized spacial score (nSPS) is 13.0. The van der Waals surface area contributed by atoms with Gasteiger partial charge in [0, 0.05) is 6.54 Å². The van der Waals surface area contributed by atoms with E-state index < -0.39 is 0 Å². The van der Waals surface area contributed by atoms with Crippen molar-refractivity contribution in [3.05, 3.63) is 58.3 Å². The lowest BCUT2D eigenvalue weighted by Crippen LogP contribution is -2.38. The highest BCUT2D eigenvalue weighted by Gasteiger charge is 2.06. The number of guanidine groups is 1. The minimum Gasteiger partial charge on any atom is -0.357 e. The number of hydrogen-bond acceptors (Lipinski definition) is 2. The van der Waals surface area contributed by atoms with Gasteiger partial charge in [0.15, 0.2) is 5.96 Å². The molecule has 1 heterocycles. The highest BCUT2D eigenvalue weighted by atomic mass is 32.1. The van der Waals surface area contributed by atoms with Crippen LogP contribution in [0.2, 0.25) is 0 Å². The summed E-state index contributed by atoms with van der Waals surface area (Å²) in [5, 5.41) is 10.9. The summed E-state index contributed by atoms with van der Waals surface area (Å²) in [7, 11) is 0. The smallest absolute Gasteiger partial charge is 0.192 e. The quantitative estimate of drug-likeness (QED) is 0.651. The van der Waals surface area contributed by atoms with Gasteiger partial charge in [0.2, 0.25) is 0 Å². The SMILES string of the molecule is CCNC(=NCc1ccsc1)NC(C)c1ccccc1. The van der Waals surface area contributed by atoms with E-state index in [1.807, 2.05) is 6.07 Å². The van der Waals surface area contributed by atoms with Gasteiger partial charge in [-0.3, -0.25) is 0 Å². The van der Waals surface area contributed by atoms with E-state index in [2.05, 4.69) is 70.6 Å². The molecule has 3 nitrogen and oxygen atoms in total. The second-order valence-electron chi connectivity index (χ2n) is 4.60. The average molecular weight is 287 g/mol. The predicted octanol–water partition coefficient (Wildman–Crippen LogP) is 3.56. The van der Waals surface area contributed by atoms with Gasteiger partial charge in [-0.05, 0) is 41.8 Å². The fourth-order valence-electron chi connectivity index (χ4n) is 1.90. The fraction of sp³-hybridized carbons (Fsp3) is 0.312. The predicted molar refractivity (Wildman–Crippen MR) is 87.1 cm³/mol. The Bertz CT molecular complexity index is 520. The molecule has 0 radical (unpaired) electrons. The number of thiophene rings is 1. The summed E-state index contributed by atoms with van der Waals surface area (Å²) in [5.41, 5.74) is 2.51. The lowest BCUT2D eigenvalue weighted by Gasteiger charge is -2.18. The molecule has 0 fully saturated rings. The molecule has 0 amide bonds. The number of aliphatic imine (C=N–C) groups is 1. The molecule has 1 aromatic heterocycles. The molecule has 0 spiro atoms. The van der Waals surface area contributed by atoms with Crippen molar-refractivity contribution in [1.82, 2.24) is 10.6 Å². The first-order valence-electron chi connectivity index (χ1n) is 6.90. The van der Waals surface area contributed by atoms with Crippen LogP contribution in [-0.2, 0) is 6.54 Å². The van der Waals surface area contributed by atoms with E-state index in [1.165, 1.54) is 11.1 Å². The summed E-state index contributed by atoms with van der Waals surface area (Å²) in [6.45, 7) is 5.79. The summed E-state index contributed by atoms with van der Waals surface area (Å²) in [6.07, 6.45) is 0. The Hall–Kier alpha value is -1.81. The monoisotopic (exact) mass is 287 g/mol. The van der Waals surface area contributed by atoms with Gasteiger partial charge in [-0.2, -0.15) is 11.3 Å². The van der Waals surface area contributed by atoms with Gasteiger partial charge >= 0.3 is 0 Å². The van der Waals surface area contributed by atoms with Crippen molar-refractivity contribution in [3.63, 3.8) is 0 Å². The van der Waals surface area contributed by atoms with Crippen molar-refractivity contribution in [3.8, 4) is 0 Å². The molecular formula is C16H21N3S. The molecule has 1 atom stereocenters. The van der Waals surface area contributed by atoms with Crippen LogP contribution in [0.3, 0.4) is 0 Å². The van der Waals surface area contributed by atoms with Crippen LogP contribution in [0.25, 0.3) is 0 Å². The van der Waals surface area contributed by atoms with Gasteiger partial charge in [-0.25, -0.2) is 4.99 Å². The van der Waals surface area contributed by atoms with Crippen molar-refractivity contribution >= 4 is 17.3 Å². The number of benzene rings is 1. The summed E-state index contributed by atoms with van der Waals surface area (Å²) < 4.78 is 0. The van der Waals surface area contributed by atoms with Crippen LogP contribution in [0, 0.1) is 0 Å². The van der Waals surface area contributed by atoms with Gasteiger partial charge in [-0.15, -0.1) is 0 Å². The van der Waals surface area contributed by atoms with Crippen molar-refractivity contribution in [1.29, 1.82) is 0 Å². The third-order valence-electron chi connectivity index (χ3n) is 3.00. The Morgan fingerprint density at radius 2 is 2.05 bits per heavy atom. The number of nitrogens with one attached hydrogen (secondary N) is 2. The minimum absolute atomic E-state index is 0.233. The van der Waals surface area contributed by atoms with Gasteiger partial charge < -0.3 is 10.6 Å². The number of hydrogen-bond donors (Lipinski definition) is 2. The molecule has 106 valence electrons. The van der Waals surface area contributed by atoms with Crippen LogP contribution >= 0.6 is 11.3 Å². The van der Waals surface area contributed by atoms with Gasteiger partial charge in [0.1, 0.15) is 0 Å². The molecule has 1 unspecified atom stereocenters. The van der Waals surface area contributed by atoms with Crippen LogP contribution in [0.5, 0.6) is 0 Å². The van der Waals surface area contributed by atoms with Gasteiger partial charge in [-0.1, -0.05) is 30.3 Å². The second-order valence-corrected chi connectivity index (χ2v) is 5.38. The topological polar surface area (TPSA) is 36.4 Å². The van der Waals surface area contributed by atoms with E-state index in [1.54, 1.807) is 11.3 Å². The van der Waals surface area contributed by atoms with Crippen LogP contribution < -0.4 is 10.6 Å². The second kappa shape index (κ2) is 7.70. The van der Waals surface area contributed by atoms with Gasteiger partial charge in [0.05, 0.1) is 12.6 Å². The molecule has 0 aliphatic carbocycles. The molecule has 2 aromatic rings. The van der Waals surface area contributed by atoms with E-state index in [-0.39, 0.29) is 6.04 Å². The summed E-state index contributed by atoms with van der Waals surface area (Å²) in [4.78, 5) is 4.62. The molecule has 4 heteroatoms. The lowest BCUT2D eigenvalue weighted by atomic mass is 10.1. The highest BCUT2D eigenvalue weighted by Crippen LogP contribution is 2.11. The lowest BCUT2D eigenvalue weighted by molar-refractivity contribution is 0.686. The summed E-state index contributed by atoms with van der Waals surface area (Å²) in [5.74, 6) is 0.857. The number of nitrogens with zero attached hydrogens (tertiary/aromatic N) is 1. The van der Waals surface area contributed by atoms with Crippen LogP contribution in [0.4, 0.5) is 0 Å². The van der Waals surface area contributed by atoms with E-state index in [9.17, 15) is 0 Å². The Kier molecular flexibility index (Phi) is 5.62. The zero-order chi connectivity index (χ0) is 14.2. The summed E-state index contributed by atoms with van der Waals surface area (Å²) >= 11 is 1.71. The first kappa shape index (κ1) is 14.6. The maximum Gasteiger partial charge on any atom is 0.192 e. The average Bonchev–Trinajstić information content (AvgIpc) is 2.99. The molecule has 20 heavy (non-hydrogen) atoms. The number of rotatable bonds is 5. The van der Waals surface area contributed by atoms with Crippen LogP contribution in [0.15, 0.2) is 52.2 Å². The molecular weight excluding hydrogens is 266 g/mol. The van der Waals surface area contributed by atoms with Gasteiger partial charge in [0.25, 0.3) is 0 Å². The molecule has 0 bridgehead atoms. The summed E-state index contributed by atoms with van der Waals surface area (Å²) in [6, 6.07) is 12.7. The third kappa shape index (κ3) is 4.38. The largest absolute Gasteiger partial charge is 0.357 e. The van der Waals surface area contributed by atoms with Crippen molar-refractivity contribution in [2.75, 3.05) is 6.54 Å². The maximum atomic E-state index is 4.62. The Labute approximate surface area is 124 Å². The Morgan fingerprint density at radius 1 is 1.25 bits per heavy atom. The maximum absolute atomic E-state index is 4.62. The third-order valence-corrected chi connectivity index (χ3v) is 3.73. The van der Waals surface area contributed by atoms with E-state index in [0.29, 0.717) is 6.54 Å². The standard InChI is InChI=1S/C16H21N3S/c1-3-17-16(18-11-14-9-10-20-12-14)19-13(2)15-7-5-4-6-8-15/h4-10,12-13H,3,11H2,1-2H3,(H2,17,18,19). The van der Waals surface area contributed by atoms with E-state index in [4.69, 9.17) is 0 Å².